The molecule has 0 saturated carbocycles. The number of nitrogens with zero attached hydrogens (tertiary/aromatic N) is 3. The minimum Gasteiger partial charge on any atom is -0.456 e. The fraction of sp³-hybridized carbons (Fsp3) is 0.435. The number of alkyl carbamates (subject to hydrolysis) is 1. The fourth-order valence-corrected chi connectivity index (χ4v) is 7.74. The van der Waals surface area contributed by atoms with Crippen molar-refractivity contribution in [3.8, 4) is 0 Å². The van der Waals surface area contributed by atoms with Crippen LogP contribution in [0.15, 0.2) is 71.9 Å². The summed E-state index contributed by atoms with van der Waals surface area (Å²) in [6.45, 7) is 15.2. The second kappa shape index (κ2) is 18.1. The quantitative estimate of drug-likeness (QED) is 0.206. The molecule has 0 aromatic heterocycles. The van der Waals surface area contributed by atoms with Gasteiger partial charge in [-0.1, -0.05) is 60.9 Å². The van der Waals surface area contributed by atoms with E-state index < -0.39 is 59.1 Å². The highest BCUT2D eigenvalue weighted by Gasteiger charge is 2.43. The molecule has 6 rings (SSSR count). The van der Waals surface area contributed by atoms with Gasteiger partial charge in [-0.15, -0.1) is 0 Å². The maximum absolute atomic E-state index is 14.9. The normalized spacial score (nSPS) is 18.3. The lowest BCUT2D eigenvalue weighted by Gasteiger charge is -2.38. The Hall–Kier alpha value is -5.76. The number of esters is 1. The van der Waals surface area contributed by atoms with Gasteiger partial charge >= 0.3 is 12.1 Å². The SMILES string of the molecule is CC(C)[C@H](NC(=O)OC(C)(C)C)C(=O)N1CC=C(c2cccc3c2CCN(C(=O)[C@H]2CC(c4cccc(Cl)c4F)=NO2)[C@@H]3C(=O)Nc2ccc(C(=O)OC(C)(C)C)cc2)CC1. The highest BCUT2D eigenvalue weighted by atomic mass is 35.5. The zero-order valence-corrected chi connectivity index (χ0v) is 36.5. The summed E-state index contributed by atoms with van der Waals surface area (Å²) in [6, 6.07) is 14.6. The Kier molecular flexibility index (Phi) is 13.3. The number of nitrogens with one attached hydrogen (secondary N) is 2. The van der Waals surface area contributed by atoms with Gasteiger partial charge in [0.2, 0.25) is 12.0 Å². The second-order valence-electron chi connectivity index (χ2n) is 17.7. The molecule has 3 aromatic rings. The zero-order chi connectivity index (χ0) is 44.4. The van der Waals surface area contributed by atoms with Crippen LogP contribution in [0.2, 0.25) is 5.02 Å². The molecular formula is C46H53ClFN5O8. The van der Waals surface area contributed by atoms with Crippen molar-refractivity contribution in [3.05, 3.63) is 105 Å². The first-order valence-corrected chi connectivity index (χ1v) is 20.8. The Morgan fingerprint density at radius 1 is 0.885 bits per heavy atom. The Morgan fingerprint density at radius 3 is 2.20 bits per heavy atom. The number of rotatable bonds is 9. The molecule has 324 valence electrons. The highest BCUT2D eigenvalue weighted by Crippen LogP contribution is 2.38. The largest absolute Gasteiger partial charge is 0.456 e. The van der Waals surface area contributed by atoms with Crippen molar-refractivity contribution in [1.29, 1.82) is 0 Å². The van der Waals surface area contributed by atoms with Crippen LogP contribution in [0, 0.1) is 11.7 Å². The first kappa shape index (κ1) is 44.8. The van der Waals surface area contributed by atoms with E-state index in [4.69, 9.17) is 25.9 Å². The van der Waals surface area contributed by atoms with Crippen LogP contribution < -0.4 is 10.6 Å². The number of fused-ring (bicyclic) bond motifs is 1. The van der Waals surface area contributed by atoms with Crippen LogP contribution >= 0.6 is 11.6 Å². The van der Waals surface area contributed by atoms with Gasteiger partial charge < -0.3 is 34.7 Å². The molecular weight excluding hydrogens is 805 g/mol. The van der Waals surface area contributed by atoms with E-state index in [1.54, 1.807) is 76.8 Å². The van der Waals surface area contributed by atoms with E-state index in [1.807, 2.05) is 38.1 Å². The van der Waals surface area contributed by atoms with Crippen molar-refractivity contribution < 1.29 is 42.7 Å². The summed E-state index contributed by atoms with van der Waals surface area (Å²) in [5, 5.41) is 9.64. The van der Waals surface area contributed by atoms with E-state index in [-0.39, 0.29) is 41.1 Å². The maximum atomic E-state index is 14.9. The van der Waals surface area contributed by atoms with E-state index in [0.717, 1.165) is 16.7 Å². The molecule has 0 fully saturated rings. The van der Waals surface area contributed by atoms with Crippen molar-refractivity contribution in [1.82, 2.24) is 15.1 Å². The molecule has 0 spiro atoms. The summed E-state index contributed by atoms with van der Waals surface area (Å²) in [5.41, 5.74) is 3.04. The molecule has 2 N–H and O–H groups in total. The molecule has 0 aliphatic carbocycles. The Bertz CT molecular complexity index is 2260. The summed E-state index contributed by atoms with van der Waals surface area (Å²) in [5.74, 6) is -2.57. The summed E-state index contributed by atoms with van der Waals surface area (Å²) < 4.78 is 25.8. The predicted octanol–water partition coefficient (Wildman–Crippen LogP) is 7.86. The van der Waals surface area contributed by atoms with Crippen molar-refractivity contribution in [2.75, 3.05) is 25.0 Å². The smallest absolute Gasteiger partial charge is 0.408 e. The van der Waals surface area contributed by atoms with Crippen molar-refractivity contribution in [2.24, 2.45) is 11.1 Å². The summed E-state index contributed by atoms with van der Waals surface area (Å²) in [7, 11) is 0. The zero-order valence-electron chi connectivity index (χ0n) is 35.8. The molecule has 0 bridgehead atoms. The standard InChI is InChI=1S/C46H53ClFN5O8/c1-26(2)38(50-44(58)60-46(6,7)8)42(56)52-22-19-27(20-23-52)30-11-9-12-32-31(30)21-24-53(41(55)36-25-35(51-61-36)33-13-10-14-34(47)37(33)48)39(32)40(54)49-29-17-15-28(16-18-29)43(57)59-45(3,4)5/h9-19,26,36,38-39H,20-25H2,1-8H3,(H,49,54)(H,50,58)/t36-,38+,39+/m1/s1. The number of halogens is 2. The molecule has 0 saturated heterocycles. The molecule has 13 nitrogen and oxygen atoms in total. The van der Waals surface area contributed by atoms with E-state index in [2.05, 4.69) is 15.8 Å². The van der Waals surface area contributed by atoms with Gasteiger partial charge in [0.15, 0.2) is 5.82 Å². The maximum Gasteiger partial charge on any atom is 0.408 e. The third-order valence-corrected chi connectivity index (χ3v) is 10.7. The van der Waals surface area contributed by atoms with E-state index in [1.165, 1.54) is 17.0 Å². The number of amides is 4. The molecule has 4 amide bonds. The molecule has 3 aliphatic rings. The number of hydrogen-bond acceptors (Lipinski definition) is 9. The lowest BCUT2D eigenvalue weighted by molar-refractivity contribution is -0.148. The first-order valence-electron chi connectivity index (χ1n) is 20.4. The van der Waals surface area contributed by atoms with Gasteiger partial charge in [-0.05, 0) is 119 Å². The predicted molar refractivity (Wildman–Crippen MR) is 229 cm³/mol. The van der Waals surface area contributed by atoms with Crippen LogP contribution in [0.5, 0.6) is 0 Å². The van der Waals surface area contributed by atoms with Gasteiger partial charge in [-0.3, -0.25) is 14.4 Å². The van der Waals surface area contributed by atoms with Gasteiger partial charge in [0.05, 0.1) is 16.3 Å². The monoisotopic (exact) mass is 857 g/mol. The molecule has 3 heterocycles. The molecule has 15 heteroatoms. The van der Waals surface area contributed by atoms with Crippen LogP contribution in [-0.2, 0) is 35.1 Å². The number of ether oxygens (including phenoxy) is 2. The number of carbonyl (C=O) groups excluding carboxylic acids is 5. The highest BCUT2D eigenvalue weighted by molar-refractivity contribution is 6.31. The number of benzene rings is 3. The third-order valence-electron chi connectivity index (χ3n) is 10.4. The average Bonchev–Trinajstić information content (AvgIpc) is 3.69. The second-order valence-corrected chi connectivity index (χ2v) is 18.1. The number of hydrogen-bond donors (Lipinski definition) is 2. The average molecular weight is 858 g/mol. The molecule has 0 radical (unpaired) electrons. The van der Waals surface area contributed by atoms with E-state index >= 15 is 0 Å². The Labute approximate surface area is 360 Å². The molecule has 3 atom stereocenters. The van der Waals surface area contributed by atoms with Gasteiger partial charge in [0.1, 0.15) is 23.3 Å². The molecule has 3 aromatic carbocycles. The first-order chi connectivity index (χ1) is 28.7. The summed E-state index contributed by atoms with van der Waals surface area (Å²) in [4.78, 5) is 76.6. The fourth-order valence-electron chi connectivity index (χ4n) is 7.57. The minimum atomic E-state index is -1.12. The number of anilines is 1. The topological polar surface area (TPSA) is 156 Å². The Balaban J connectivity index is 1.26. The van der Waals surface area contributed by atoms with Gasteiger partial charge in [-0.2, -0.15) is 0 Å². The minimum absolute atomic E-state index is 0.0347. The Morgan fingerprint density at radius 2 is 1.56 bits per heavy atom. The molecule has 61 heavy (non-hydrogen) atoms. The van der Waals surface area contributed by atoms with Crippen LogP contribution in [-0.4, -0.2) is 88.3 Å². The van der Waals surface area contributed by atoms with Gasteiger partial charge in [-0.25, -0.2) is 14.0 Å². The van der Waals surface area contributed by atoms with E-state index in [9.17, 15) is 28.4 Å². The summed E-state index contributed by atoms with van der Waals surface area (Å²) in [6.07, 6.45) is 1.10. The summed E-state index contributed by atoms with van der Waals surface area (Å²) >= 11 is 6.03. The van der Waals surface area contributed by atoms with Crippen molar-refractivity contribution in [2.45, 2.75) is 104 Å². The van der Waals surface area contributed by atoms with E-state index in [0.29, 0.717) is 42.7 Å². The van der Waals surface area contributed by atoms with Crippen LogP contribution in [0.4, 0.5) is 14.9 Å². The van der Waals surface area contributed by atoms with Crippen molar-refractivity contribution >= 4 is 58.4 Å². The van der Waals surface area contributed by atoms with Crippen LogP contribution in [0.1, 0.15) is 107 Å². The van der Waals surface area contributed by atoms with Crippen LogP contribution in [0.3, 0.4) is 0 Å². The number of oxime groups is 1. The van der Waals surface area contributed by atoms with Gasteiger partial charge in [0.25, 0.3) is 11.8 Å². The third kappa shape index (κ3) is 10.6. The van der Waals surface area contributed by atoms with Crippen molar-refractivity contribution in [3.63, 3.8) is 0 Å². The number of carbonyl (C=O) groups is 5. The van der Waals surface area contributed by atoms with Gasteiger partial charge in [0, 0.05) is 37.3 Å². The molecule has 0 unspecified atom stereocenters. The lowest BCUT2D eigenvalue weighted by atomic mass is 9.84. The lowest BCUT2D eigenvalue weighted by Crippen LogP contribution is -2.53. The molecule has 3 aliphatic heterocycles. The van der Waals surface area contributed by atoms with Crippen LogP contribution in [0.25, 0.3) is 5.57 Å².